The predicted octanol–water partition coefficient (Wildman–Crippen LogP) is 1.38. The van der Waals surface area contributed by atoms with Crippen molar-refractivity contribution in [1.82, 2.24) is 19.7 Å². The zero-order valence-corrected chi connectivity index (χ0v) is 9.98. The van der Waals surface area contributed by atoms with Crippen LogP contribution >= 0.6 is 11.8 Å². The van der Waals surface area contributed by atoms with Gasteiger partial charge in [0.2, 0.25) is 0 Å². The summed E-state index contributed by atoms with van der Waals surface area (Å²) in [4.78, 5) is 8.46. The molecule has 0 amide bonds. The van der Waals surface area contributed by atoms with Gasteiger partial charge >= 0.3 is 0 Å². The molecule has 0 spiro atoms. The monoisotopic (exact) mass is 235 g/mol. The number of hydrogen-bond acceptors (Lipinski definition) is 5. The fraction of sp³-hybridized carbons (Fsp3) is 0.300. The van der Waals surface area contributed by atoms with Crippen molar-refractivity contribution in [2.24, 2.45) is 12.8 Å². The van der Waals surface area contributed by atoms with E-state index in [9.17, 15) is 0 Å². The molecule has 1 unspecified atom stereocenters. The fourth-order valence-electron chi connectivity index (χ4n) is 1.30. The molecule has 0 aromatic carbocycles. The van der Waals surface area contributed by atoms with Gasteiger partial charge in [-0.15, -0.1) is 0 Å². The molecule has 2 N–H and O–H groups in total. The predicted molar refractivity (Wildman–Crippen MR) is 62.0 cm³/mol. The van der Waals surface area contributed by atoms with E-state index in [-0.39, 0.29) is 6.04 Å². The summed E-state index contributed by atoms with van der Waals surface area (Å²) < 4.78 is 1.71. The summed E-state index contributed by atoms with van der Waals surface area (Å²) in [6.45, 7) is 1.94. The summed E-state index contributed by atoms with van der Waals surface area (Å²) >= 11 is 1.47. The van der Waals surface area contributed by atoms with Gasteiger partial charge in [0.1, 0.15) is 11.4 Å². The molecule has 0 saturated carbocycles. The van der Waals surface area contributed by atoms with Gasteiger partial charge in [0.15, 0.2) is 5.16 Å². The number of nitrogens with two attached hydrogens (primary N) is 1. The van der Waals surface area contributed by atoms with Gasteiger partial charge in [-0.3, -0.25) is 0 Å². The third kappa shape index (κ3) is 2.23. The Hall–Kier alpha value is -1.40. The second-order valence-corrected chi connectivity index (χ2v) is 4.41. The highest BCUT2D eigenvalue weighted by atomic mass is 32.2. The molecule has 0 aliphatic carbocycles. The lowest BCUT2D eigenvalue weighted by Gasteiger charge is -2.09. The third-order valence-electron chi connectivity index (χ3n) is 2.15. The summed E-state index contributed by atoms with van der Waals surface area (Å²) in [5.41, 5.74) is 6.91. The summed E-state index contributed by atoms with van der Waals surface area (Å²) in [5, 5.41) is 5.70. The molecule has 0 saturated heterocycles. The Kier molecular flexibility index (Phi) is 3.21. The Balaban J connectivity index is 2.31. The summed E-state index contributed by atoms with van der Waals surface area (Å²) in [6.07, 6.45) is 3.28. The minimum Gasteiger partial charge on any atom is -0.324 e. The minimum absolute atomic E-state index is 0.0376. The van der Waals surface area contributed by atoms with Gasteiger partial charge in [-0.1, -0.05) is 6.07 Å². The van der Waals surface area contributed by atoms with Crippen LogP contribution in [0.3, 0.4) is 0 Å². The molecular weight excluding hydrogens is 222 g/mol. The van der Waals surface area contributed by atoms with Gasteiger partial charge in [0.25, 0.3) is 0 Å². The molecular formula is C10H13N5S. The molecule has 0 radical (unpaired) electrons. The van der Waals surface area contributed by atoms with E-state index in [1.165, 1.54) is 18.1 Å². The standard InChI is InChI=1S/C10H13N5S/c1-7(11)8-4-3-5-12-9(8)16-10-13-6-14-15(10)2/h3-7H,11H2,1-2H3. The quantitative estimate of drug-likeness (QED) is 0.870. The first-order valence-corrected chi connectivity index (χ1v) is 5.72. The van der Waals surface area contributed by atoms with Crippen LogP contribution < -0.4 is 5.73 Å². The van der Waals surface area contributed by atoms with Crippen LogP contribution in [-0.2, 0) is 7.05 Å². The van der Waals surface area contributed by atoms with Crippen molar-refractivity contribution >= 4 is 11.8 Å². The normalized spacial score (nSPS) is 12.7. The maximum absolute atomic E-state index is 5.89. The Morgan fingerprint density at radius 3 is 2.88 bits per heavy atom. The lowest BCUT2D eigenvalue weighted by Crippen LogP contribution is -2.07. The fourth-order valence-corrected chi connectivity index (χ4v) is 2.24. The van der Waals surface area contributed by atoms with Crippen LogP contribution in [0.15, 0.2) is 34.8 Å². The number of rotatable bonds is 3. The first kappa shape index (κ1) is 11.1. The zero-order chi connectivity index (χ0) is 11.5. The van der Waals surface area contributed by atoms with Crippen LogP contribution in [0.1, 0.15) is 18.5 Å². The van der Waals surface area contributed by atoms with E-state index in [4.69, 9.17) is 5.73 Å². The van der Waals surface area contributed by atoms with Crippen molar-refractivity contribution in [2.45, 2.75) is 23.1 Å². The number of aromatic nitrogens is 4. The molecule has 5 nitrogen and oxygen atoms in total. The van der Waals surface area contributed by atoms with Gasteiger partial charge in [-0.25, -0.2) is 14.6 Å². The highest BCUT2D eigenvalue weighted by Crippen LogP contribution is 2.28. The van der Waals surface area contributed by atoms with Crippen LogP contribution in [0.2, 0.25) is 0 Å². The van der Waals surface area contributed by atoms with Crippen LogP contribution in [0, 0.1) is 0 Å². The van der Waals surface area contributed by atoms with E-state index in [1.807, 2.05) is 26.1 Å². The second kappa shape index (κ2) is 4.63. The average molecular weight is 235 g/mol. The maximum Gasteiger partial charge on any atom is 0.192 e. The van der Waals surface area contributed by atoms with Gasteiger partial charge in [-0.2, -0.15) is 5.10 Å². The number of pyridine rings is 1. The van der Waals surface area contributed by atoms with Crippen molar-refractivity contribution in [2.75, 3.05) is 0 Å². The Morgan fingerprint density at radius 1 is 1.44 bits per heavy atom. The molecule has 2 heterocycles. The topological polar surface area (TPSA) is 69.6 Å². The Bertz CT molecular complexity index is 480. The summed E-state index contributed by atoms with van der Waals surface area (Å²) in [6, 6.07) is 3.83. The first-order valence-electron chi connectivity index (χ1n) is 4.91. The molecule has 6 heteroatoms. The van der Waals surface area contributed by atoms with Crippen LogP contribution in [0.5, 0.6) is 0 Å². The zero-order valence-electron chi connectivity index (χ0n) is 9.16. The molecule has 2 aromatic heterocycles. The first-order chi connectivity index (χ1) is 7.68. The van der Waals surface area contributed by atoms with Crippen LogP contribution in [0.4, 0.5) is 0 Å². The van der Waals surface area contributed by atoms with E-state index >= 15 is 0 Å². The van der Waals surface area contributed by atoms with E-state index in [1.54, 1.807) is 10.9 Å². The largest absolute Gasteiger partial charge is 0.324 e. The smallest absolute Gasteiger partial charge is 0.192 e. The van der Waals surface area contributed by atoms with Gasteiger partial charge in [-0.05, 0) is 24.8 Å². The molecule has 2 aromatic rings. The Morgan fingerprint density at radius 2 is 2.25 bits per heavy atom. The molecule has 0 bridgehead atoms. The third-order valence-corrected chi connectivity index (χ3v) is 3.24. The highest BCUT2D eigenvalue weighted by Gasteiger charge is 2.11. The molecule has 1 atom stereocenters. The maximum atomic E-state index is 5.89. The Labute approximate surface area is 98.1 Å². The SMILES string of the molecule is CC(N)c1cccnc1Sc1ncnn1C. The molecule has 0 aliphatic heterocycles. The molecule has 0 aliphatic rings. The summed E-state index contributed by atoms with van der Waals surface area (Å²) in [5.74, 6) is 0. The molecule has 16 heavy (non-hydrogen) atoms. The van der Waals surface area contributed by atoms with Crippen molar-refractivity contribution in [3.63, 3.8) is 0 Å². The van der Waals surface area contributed by atoms with Crippen LogP contribution in [-0.4, -0.2) is 19.7 Å². The number of hydrogen-bond donors (Lipinski definition) is 1. The molecule has 2 rings (SSSR count). The lowest BCUT2D eigenvalue weighted by atomic mass is 10.2. The van der Waals surface area contributed by atoms with Crippen molar-refractivity contribution < 1.29 is 0 Å². The van der Waals surface area contributed by atoms with Crippen molar-refractivity contribution in [1.29, 1.82) is 0 Å². The van der Waals surface area contributed by atoms with E-state index in [0.717, 1.165) is 15.7 Å². The van der Waals surface area contributed by atoms with Gasteiger partial charge in [0.05, 0.1) is 0 Å². The summed E-state index contributed by atoms with van der Waals surface area (Å²) in [7, 11) is 1.85. The minimum atomic E-state index is -0.0376. The van der Waals surface area contributed by atoms with Crippen LogP contribution in [0.25, 0.3) is 0 Å². The number of nitrogens with zero attached hydrogens (tertiary/aromatic N) is 4. The highest BCUT2D eigenvalue weighted by molar-refractivity contribution is 7.99. The van der Waals surface area contributed by atoms with Crippen molar-refractivity contribution in [3.05, 3.63) is 30.2 Å². The van der Waals surface area contributed by atoms with E-state index in [0.29, 0.717) is 0 Å². The van der Waals surface area contributed by atoms with Gasteiger partial charge < -0.3 is 5.73 Å². The lowest BCUT2D eigenvalue weighted by molar-refractivity contribution is 0.683. The van der Waals surface area contributed by atoms with E-state index < -0.39 is 0 Å². The molecule has 84 valence electrons. The number of aryl methyl sites for hydroxylation is 1. The second-order valence-electron chi connectivity index (χ2n) is 3.45. The molecule has 0 fully saturated rings. The average Bonchev–Trinajstić information content (AvgIpc) is 2.65. The van der Waals surface area contributed by atoms with Gasteiger partial charge in [0, 0.05) is 24.8 Å². The van der Waals surface area contributed by atoms with E-state index in [2.05, 4.69) is 15.1 Å². The van der Waals surface area contributed by atoms with Crippen molar-refractivity contribution in [3.8, 4) is 0 Å².